The summed E-state index contributed by atoms with van der Waals surface area (Å²) in [6.45, 7) is 1.66. The van der Waals surface area contributed by atoms with Crippen LogP contribution in [-0.2, 0) is 4.79 Å². The van der Waals surface area contributed by atoms with Gasteiger partial charge in [-0.05, 0) is 37.8 Å². The van der Waals surface area contributed by atoms with Gasteiger partial charge in [0, 0.05) is 19.0 Å². The Kier molecular flexibility index (Phi) is 4.09. The number of hydrogen-bond acceptors (Lipinski definition) is 7. The molecule has 2 aliphatic rings. The Balaban J connectivity index is 1.27. The number of aromatic nitrogens is 3. The predicted octanol–water partition coefficient (Wildman–Crippen LogP) is 3.88. The Morgan fingerprint density at radius 3 is 2.88 bits per heavy atom. The number of amides is 1. The van der Waals surface area contributed by atoms with Crippen LogP contribution in [0.2, 0.25) is 0 Å². The van der Waals surface area contributed by atoms with Gasteiger partial charge in [0.15, 0.2) is 5.13 Å². The van der Waals surface area contributed by atoms with Crippen molar-refractivity contribution in [1.82, 2.24) is 15.2 Å². The predicted molar refractivity (Wildman–Crippen MR) is 105 cm³/mol. The molecule has 1 aliphatic heterocycles. The molecule has 0 radical (unpaired) electrons. The summed E-state index contributed by atoms with van der Waals surface area (Å²) < 4.78 is 1.19. The monoisotopic (exact) mass is 385 g/mol. The highest BCUT2D eigenvalue weighted by Gasteiger charge is 2.30. The summed E-state index contributed by atoms with van der Waals surface area (Å²) >= 11 is 3.22. The third-order valence-electron chi connectivity index (χ3n) is 4.94. The molecule has 1 aromatic carbocycles. The van der Waals surface area contributed by atoms with E-state index >= 15 is 0 Å². The lowest BCUT2D eigenvalue weighted by Gasteiger charge is -2.31. The van der Waals surface area contributed by atoms with E-state index in [1.54, 1.807) is 11.3 Å². The second-order valence-corrected chi connectivity index (χ2v) is 8.98. The number of carbonyl (C=O) groups excluding carboxylic acids is 1. The largest absolute Gasteiger partial charge is 0.347 e. The van der Waals surface area contributed by atoms with Crippen LogP contribution in [0.3, 0.4) is 0 Å². The summed E-state index contributed by atoms with van der Waals surface area (Å²) in [6, 6.07) is 8.18. The van der Waals surface area contributed by atoms with Gasteiger partial charge in [-0.25, -0.2) is 4.98 Å². The summed E-state index contributed by atoms with van der Waals surface area (Å²) in [5.74, 6) is 0.584. The molecule has 26 heavy (non-hydrogen) atoms. The maximum Gasteiger partial charge on any atom is 0.231 e. The standard InChI is InChI=1S/C18H19N5OS2/c24-15(20-17-22-21-16(26-17)11-7-8-11)12-4-3-9-23(10-12)18-19-13-5-1-2-6-14(13)25-18/h1-2,5-6,11-12H,3-4,7-10H2,(H,20,22,24). The van der Waals surface area contributed by atoms with Crippen LogP contribution in [0.5, 0.6) is 0 Å². The van der Waals surface area contributed by atoms with Crippen molar-refractivity contribution in [3.63, 3.8) is 0 Å². The molecule has 134 valence electrons. The van der Waals surface area contributed by atoms with Crippen LogP contribution in [0.15, 0.2) is 24.3 Å². The van der Waals surface area contributed by atoms with E-state index in [9.17, 15) is 4.79 Å². The minimum atomic E-state index is -0.0379. The first kappa shape index (κ1) is 16.1. The normalized spacial score (nSPS) is 20.5. The number of hydrogen-bond donors (Lipinski definition) is 1. The first-order valence-corrected chi connectivity index (χ1v) is 10.6. The topological polar surface area (TPSA) is 71.0 Å². The molecular weight excluding hydrogens is 366 g/mol. The molecule has 6 nitrogen and oxygen atoms in total. The first-order chi connectivity index (χ1) is 12.8. The summed E-state index contributed by atoms with van der Waals surface area (Å²) in [5.41, 5.74) is 1.03. The minimum absolute atomic E-state index is 0.0379. The van der Waals surface area contributed by atoms with Crippen LogP contribution >= 0.6 is 22.7 Å². The lowest BCUT2D eigenvalue weighted by Crippen LogP contribution is -2.40. The molecule has 1 saturated carbocycles. The third-order valence-corrected chi connectivity index (χ3v) is 7.04. The number of fused-ring (bicyclic) bond motifs is 1. The molecule has 1 N–H and O–H groups in total. The highest BCUT2D eigenvalue weighted by Crippen LogP contribution is 2.42. The maximum absolute atomic E-state index is 12.7. The van der Waals surface area contributed by atoms with E-state index in [1.807, 2.05) is 18.2 Å². The smallest absolute Gasteiger partial charge is 0.231 e. The molecule has 3 aromatic rings. The highest BCUT2D eigenvalue weighted by molar-refractivity contribution is 7.22. The van der Waals surface area contributed by atoms with Crippen molar-refractivity contribution in [2.75, 3.05) is 23.3 Å². The van der Waals surface area contributed by atoms with Gasteiger partial charge in [-0.3, -0.25) is 4.79 Å². The van der Waals surface area contributed by atoms with Gasteiger partial charge >= 0.3 is 0 Å². The number of para-hydroxylation sites is 1. The lowest BCUT2D eigenvalue weighted by atomic mass is 9.98. The second-order valence-electron chi connectivity index (χ2n) is 6.96. The molecule has 0 bridgehead atoms. The number of benzene rings is 1. The van der Waals surface area contributed by atoms with Crippen LogP contribution in [0, 0.1) is 5.92 Å². The molecule has 1 saturated heterocycles. The Morgan fingerprint density at radius 1 is 1.15 bits per heavy atom. The zero-order chi connectivity index (χ0) is 17.5. The summed E-state index contributed by atoms with van der Waals surface area (Å²) in [6.07, 6.45) is 4.30. The van der Waals surface area contributed by atoms with Crippen molar-refractivity contribution < 1.29 is 4.79 Å². The average Bonchev–Trinajstić information content (AvgIpc) is 3.26. The third kappa shape index (κ3) is 3.19. The Labute approximate surface area is 159 Å². The number of rotatable bonds is 4. The first-order valence-electron chi connectivity index (χ1n) is 9.01. The molecule has 2 fully saturated rings. The SMILES string of the molecule is O=C(Nc1nnc(C2CC2)s1)C1CCCN(c2nc3ccccc3s2)C1. The summed E-state index contributed by atoms with van der Waals surface area (Å²) in [5, 5.41) is 14.0. The molecular formula is C18H19N5OS2. The second kappa shape index (κ2) is 6.59. The van der Waals surface area contributed by atoms with Gasteiger partial charge in [0.2, 0.25) is 11.0 Å². The van der Waals surface area contributed by atoms with E-state index in [0.29, 0.717) is 17.6 Å². The van der Waals surface area contributed by atoms with E-state index in [1.165, 1.54) is 28.9 Å². The zero-order valence-corrected chi connectivity index (χ0v) is 15.9. The average molecular weight is 386 g/mol. The minimum Gasteiger partial charge on any atom is -0.347 e. The lowest BCUT2D eigenvalue weighted by molar-refractivity contribution is -0.120. The van der Waals surface area contributed by atoms with Crippen molar-refractivity contribution in [3.8, 4) is 0 Å². The molecule has 2 aromatic heterocycles. The number of nitrogens with one attached hydrogen (secondary N) is 1. The number of carbonyl (C=O) groups is 1. The van der Waals surface area contributed by atoms with Crippen LogP contribution in [-0.4, -0.2) is 34.2 Å². The fourth-order valence-corrected chi connectivity index (χ4v) is 5.26. The molecule has 1 aliphatic carbocycles. The Hall–Kier alpha value is -2.06. The Morgan fingerprint density at radius 2 is 2.04 bits per heavy atom. The molecule has 1 unspecified atom stereocenters. The van der Waals surface area contributed by atoms with E-state index < -0.39 is 0 Å². The number of thiazole rings is 1. The number of anilines is 2. The van der Waals surface area contributed by atoms with Crippen molar-refractivity contribution >= 4 is 49.1 Å². The molecule has 8 heteroatoms. The van der Waals surface area contributed by atoms with Gasteiger partial charge in [-0.1, -0.05) is 34.8 Å². The zero-order valence-electron chi connectivity index (χ0n) is 14.2. The van der Waals surface area contributed by atoms with Gasteiger partial charge in [-0.2, -0.15) is 0 Å². The maximum atomic E-state index is 12.7. The molecule has 0 spiro atoms. The Bertz CT molecular complexity index is 915. The summed E-state index contributed by atoms with van der Waals surface area (Å²) in [7, 11) is 0. The van der Waals surface area contributed by atoms with Gasteiger partial charge in [-0.15, -0.1) is 10.2 Å². The highest BCUT2D eigenvalue weighted by atomic mass is 32.1. The van der Waals surface area contributed by atoms with Crippen molar-refractivity contribution in [2.24, 2.45) is 5.92 Å². The molecule has 3 heterocycles. The quantitative estimate of drug-likeness (QED) is 0.738. The van der Waals surface area contributed by atoms with E-state index in [2.05, 4.69) is 26.5 Å². The van der Waals surface area contributed by atoms with E-state index in [4.69, 9.17) is 4.98 Å². The van der Waals surface area contributed by atoms with Crippen molar-refractivity contribution in [2.45, 2.75) is 31.6 Å². The van der Waals surface area contributed by atoms with Gasteiger partial charge < -0.3 is 10.2 Å². The molecule has 1 amide bonds. The van der Waals surface area contributed by atoms with E-state index in [0.717, 1.165) is 35.0 Å². The fraction of sp³-hybridized carbons (Fsp3) is 0.444. The van der Waals surface area contributed by atoms with Crippen LogP contribution in [0.25, 0.3) is 10.2 Å². The van der Waals surface area contributed by atoms with Crippen molar-refractivity contribution in [3.05, 3.63) is 29.3 Å². The van der Waals surface area contributed by atoms with Gasteiger partial charge in [0.05, 0.1) is 16.1 Å². The number of nitrogens with zero attached hydrogens (tertiary/aromatic N) is 4. The van der Waals surface area contributed by atoms with E-state index in [-0.39, 0.29) is 11.8 Å². The van der Waals surface area contributed by atoms with Gasteiger partial charge in [0.1, 0.15) is 5.01 Å². The number of piperidine rings is 1. The molecule has 5 rings (SSSR count). The van der Waals surface area contributed by atoms with Gasteiger partial charge in [0.25, 0.3) is 0 Å². The van der Waals surface area contributed by atoms with Crippen LogP contribution in [0.4, 0.5) is 10.3 Å². The van der Waals surface area contributed by atoms with Crippen LogP contribution < -0.4 is 10.2 Å². The van der Waals surface area contributed by atoms with Crippen LogP contribution in [0.1, 0.15) is 36.6 Å². The summed E-state index contributed by atoms with van der Waals surface area (Å²) in [4.78, 5) is 19.7. The van der Waals surface area contributed by atoms with Crippen molar-refractivity contribution in [1.29, 1.82) is 0 Å². The molecule has 1 atom stereocenters. The fourth-order valence-electron chi connectivity index (χ4n) is 3.35.